The number of Topliss-reactive ketones (excluding diaryl/α,β-unsaturated/α-hetero) is 4. The van der Waals surface area contributed by atoms with Gasteiger partial charge in [-0.25, -0.2) is 9.97 Å². The highest BCUT2D eigenvalue weighted by molar-refractivity contribution is 6.39. The molecule has 0 fully saturated rings. The number of nitrogens with zero attached hydrogens (tertiary/aromatic N) is 2. The van der Waals surface area contributed by atoms with Crippen LogP contribution in [0.3, 0.4) is 0 Å². The van der Waals surface area contributed by atoms with Gasteiger partial charge >= 0.3 is 0 Å². The van der Waals surface area contributed by atoms with Crippen LogP contribution in [0.1, 0.15) is 57.4 Å². The molecule has 0 aliphatic heterocycles. The first-order chi connectivity index (χ1) is 21.8. The van der Waals surface area contributed by atoms with Gasteiger partial charge in [-0.3, -0.25) is 33.6 Å². The number of hydrogen-bond acceptors (Lipinski definition) is 9. The summed E-state index contributed by atoms with van der Waals surface area (Å²) in [6.07, 6.45) is 0. The maximum Gasteiger partial charge on any atom is 0.243 e. The Balaban J connectivity index is 1.22. The van der Waals surface area contributed by atoms with Crippen LogP contribution in [0, 0.1) is 11.8 Å². The molecule has 11 nitrogen and oxygen atoms in total. The van der Waals surface area contributed by atoms with Crippen molar-refractivity contribution in [1.82, 2.24) is 9.97 Å². The summed E-state index contributed by atoms with van der Waals surface area (Å²) in [5.41, 5.74) is -0.168. The van der Waals surface area contributed by atoms with Crippen molar-refractivity contribution in [2.75, 3.05) is 10.6 Å². The third-order valence-electron chi connectivity index (χ3n) is 7.26. The number of anilines is 2. The van der Waals surface area contributed by atoms with Crippen molar-refractivity contribution < 1.29 is 33.6 Å². The zero-order valence-corrected chi connectivity index (χ0v) is 25.7. The van der Waals surface area contributed by atoms with Gasteiger partial charge in [0.1, 0.15) is 20.6 Å². The average Bonchev–Trinajstić information content (AvgIpc) is 3.38. The van der Waals surface area contributed by atoms with E-state index in [0.29, 0.717) is 0 Å². The lowest BCUT2D eigenvalue weighted by Crippen LogP contribution is -2.31. The molecule has 2 aromatic carbocycles. The molecule has 2 aliphatic carbocycles. The van der Waals surface area contributed by atoms with E-state index in [4.69, 9.17) is 46.4 Å². The summed E-state index contributed by atoms with van der Waals surface area (Å²) < 4.78 is 0. The molecule has 2 aromatic heterocycles. The summed E-state index contributed by atoms with van der Waals surface area (Å²) in [5, 5.41) is 4.78. The Morgan fingerprint density at radius 3 is 1.17 bits per heavy atom. The molecule has 2 atom stereocenters. The molecule has 2 amide bonds. The highest BCUT2D eigenvalue weighted by atomic mass is 35.5. The van der Waals surface area contributed by atoms with E-state index < -0.39 is 52.6 Å². The predicted octanol–water partition coefficient (Wildman–Crippen LogP) is 5.59. The zero-order chi connectivity index (χ0) is 33.0. The van der Waals surface area contributed by atoms with Crippen molar-refractivity contribution in [3.63, 3.8) is 0 Å². The molecule has 0 saturated carbocycles. The summed E-state index contributed by atoms with van der Waals surface area (Å²) in [7, 11) is 0. The van der Waals surface area contributed by atoms with E-state index in [1.165, 1.54) is 60.7 Å². The van der Waals surface area contributed by atoms with E-state index in [-0.39, 0.29) is 65.4 Å². The molecule has 2 N–H and O–H groups in total. The lowest BCUT2D eigenvalue weighted by Gasteiger charge is -2.09. The SMILES string of the molecule is O=C(c1ccc2c(c1)C(=O)C(C(=O)Nc1cc(Cl)nc(Cl)c1)C2=O)c1ccc2c(c1)C(=O)C(C(=O)Nc1cc(Cl)nc(Cl)c1)C2=O. The number of ketones is 5. The Hall–Kier alpha value is -4.81. The van der Waals surface area contributed by atoms with Crippen LogP contribution in [0.5, 0.6) is 0 Å². The molecule has 2 aliphatic rings. The Kier molecular flexibility index (Phi) is 8.03. The fraction of sp³-hybridized carbons (Fsp3) is 0.0645. The number of rotatable bonds is 6. The Morgan fingerprint density at radius 1 is 0.500 bits per heavy atom. The van der Waals surface area contributed by atoms with Crippen LogP contribution in [-0.4, -0.2) is 50.7 Å². The van der Waals surface area contributed by atoms with Crippen molar-refractivity contribution in [3.05, 3.63) is 115 Å². The average molecular weight is 696 g/mol. The van der Waals surface area contributed by atoms with Gasteiger partial charge in [-0.2, -0.15) is 0 Å². The normalized spacial score (nSPS) is 16.7. The molecule has 15 heteroatoms. The standard InChI is InChI=1S/C31H14Cl4N4O7/c32-19-7-13(8-20(33)38-19)36-30(45)23-26(41)15-3-1-11(5-17(15)28(23)43)25(40)12-2-4-16-18(6-12)29(44)24(27(16)42)31(46)37-14-9-21(34)39-22(35)10-14/h1-10,23-24H,(H,36,38,45)(H,37,39,46). The Morgan fingerprint density at radius 2 is 0.826 bits per heavy atom. The van der Waals surface area contributed by atoms with Gasteiger partial charge in [0.2, 0.25) is 11.8 Å². The van der Waals surface area contributed by atoms with Crippen molar-refractivity contribution >= 4 is 98.5 Å². The lowest BCUT2D eigenvalue weighted by atomic mass is 9.96. The van der Waals surface area contributed by atoms with Crippen molar-refractivity contribution in [2.24, 2.45) is 11.8 Å². The molecule has 0 spiro atoms. The topological polar surface area (TPSA) is 169 Å². The molecule has 2 heterocycles. The summed E-state index contributed by atoms with van der Waals surface area (Å²) in [6, 6.07) is 12.6. The number of carbonyl (C=O) groups is 7. The molecule has 0 radical (unpaired) electrons. The smallest absolute Gasteiger partial charge is 0.243 e. The van der Waals surface area contributed by atoms with E-state index >= 15 is 0 Å². The number of amides is 2. The van der Waals surface area contributed by atoms with Crippen LogP contribution in [0.4, 0.5) is 11.4 Å². The predicted molar refractivity (Wildman–Crippen MR) is 166 cm³/mol. The first-order valence-electron chi connectivity index (χ1n) is 13.1. The number of halogens is 4. The molecule has 0 bridgehead atoms. The number of benzene rings is 2. The number of nitrogens with one attached hydrogen (secondary N) is 2. The molecule has 0 saturated heterocycles. The van der Waals surface area contributed by atoms with Gasteiger partial charge in [0.25, 0.3) is 0 Å². The van der Waals surface area contributed by atoms with Crippen LogP contribution < -0.4 is 10.6 Å². The third-order valence-corrected chi connectivity index (χ3v) is 8.03. The number of hydrogen-bond donors (Lipinski definition) is 2. The monoisotopic (exact) mass is 694 g/mol. The van der Waals surface area contributed by atoms with Crippen LogP contribution in [0.2, 0.25) is 20.6 Å². The Bertz CT molecular complexity index is 1930. The van der Waals surface area contributed by atoms with Gasteiger partial charge in [0, 0.05) is 44.8 Å². The number of aromatic nitrogens is 2. The molecule has 2 unspecified atom stereocenters. The van der Waals surface area contributed by atoms with Gasteiger partial charge in [0.05, 0.1) is 0 Å². The fourth-order valence-corrected chi connectivity index (χ4v) is 6.14. The van der Waals surface area contributed by atoms with E-state index in [0.717, 1.165) is 0 Å². The van der Waals surface area contributed by atoms with E-state index in [2.05, 4.69) is 20.6 Å². The molecule has 4 aromatic rings. The van der Waals surface area contributed by atoms with Gasteiger partial charge in [-0.1, -0.05) is 58.5 Å². The number of fused-ring (bicyclic) bond motifs is 2. The molecule has 6 rings (SSSR count). The quantitative estimate of drug-likeness (QED) is 0.148. The fourth-order valence-electron chi connectivity index (χ4n) is 5.21. The third kappa shape index (κ3) is 5.58. The molecule has 228 valence electrons. The van der Waals surface area contributed by atoms with E-state index in [9.17, 15) is 33.6 Å². The highest BCUT2D eigenvalue weighted by Gasteiger charge is 2.45. The summed E-state index contributed by atoms with van der Waals surface area (Å²) in [6.45, 7) is 0. The van der Waals surface area contributed by atoms with Crippen molar-refractivity contribution in [1.29, 1.82) is 0 Å². The summed E-state index contributed by atoms with van der Waals surface area (Å²) in [4.78, 5) is 99.2. The minimum absolute atomic E-state index is 0.0181. The van der Waals surface area contributed by atoms with Crippen LogP contribution in [-0.2, 0) is 9.59 Å². The first kappa shape index (κ1) is 31.2. The Labute approximate surface area is 278 Å². The van der Waals surface area contributed by atoms with Gasteiger partial charge in [0.15, 0.2) is 40.8 Å². The summed E-state index contributed by atoms with van der Waals surface area (Å²) in [5.74, 6) is -9.07. The first-order valence-corrected chi connectivity index (χ1v) is 14.6. The van der Waals surface area contributed by atoms with E-state index in [1.807, 2.05) is 0 Å². The molecule has 46 heavy (non-hydrogen) atoms. The van der Waals surface area contributed by atoms with Crippen LogP contribution in [0.15, 0.2) is 60.7 Å². The zero-order valence-electron chi connectivity index (χ0n) is 22.7. The lowest BCUT2D eigenvalue weighted by molar-refractivity contribution is -0.118. The second-order valence-electron chi connectivity index (χ2n) is 10.2. The van der Waals surface area contributed by atoms with Crippen LogP contribution in [0.25, 0.3) is 0 Å². The maximum atomic E-state index is 13.5. The number of pyridine rings is 2. The summed E-state index contributed by atoms with van der Waals surface area (Å²) >= 11 is 23.4. The van der Waals surface area contributed by atoms with E-state index in [1.54, 1.807) is 0 Å². The molecular formula is C31H14Cl4N4O7. The minimum atomic E-state index is -1.71. The number of carbonyl (C=O) groups excluding carboxylic acids is 7. The van der Waals surface area contributed by atoms with Gasteiger partial charge < -0.3 is 10.6 Å². The van der Waals surface area contributed by atoms with Crippen molar-refractivity contribution in [2.45, 2.75) is 0 Å². The van der Waals surface area contributed by atoms with Crippen LogP contribution >= 0.6 is 46.4 Å². The largest absolute Gasteiger partial charge is 0.325 e. The van der Waals surface area contributed by atoms with Crippen molar-refractivity contribution in [3.8, 4) is 0 Å². The van der Waals surface area contributed by atoms with Gasteiger partial charge in [-0.15, -0.1) is 0 Å². The molecular weight excluding hydrogens is 682 g/mol. The minimum Gasteiger partial charge on any atom is -0.325 e. The highest BCUT2D eigenvalue weighted by Crippen LogP contribution is 2.33. The maximum absolute atomic E-state index is 13.5. The second kappa shape index (κ2) is 11.8. The van der Waals surface area contributed by atoms with Gasteiger partial charge in [-0.05, 0) is 48.5 Å². The second-order valence-corrected chi connectivity index (χ2v) is 11.7.